The number of aromatic amines is 1. The lowest BCUT2D eigenvalue weighted by Gasteiger charge is -2.11. The van der Waals surface area contributed by atoms with Gasteiger partial charge in [-0.3, -0.25) is 4.79 Å². The second-order valence-electron chi connectivity index (χ2n) is 7.79. The van der Waals surface area contributed by atoms with Crippen molar-refractivity contribution >= 4 is 22.8 Å². The van der Waals surface area contributed by atoms with Crippen molar-refractivity contribution in [3.63, 3.8) is 0 Å². The molecule has 2 aromatic carbocycles. The van der Waals surface area contributed by atoms with Crippen molar-refractivity contribution in [1.82, 2.24) is 19.9 Å². The molecule has 0 radical (unpaired) electrons. The number of hydrogen-bond acceptors (Lipinski definition) is 5. The molecule has 164 valence electrons. The van der Waals surface area contributed by atoms with Crippen LogP contribution in [0.25, 0.3) is 22.6 Å². The van der Waals surface area contributed by atoms with Crippen molar-refractivity contribution < 1.29 is 13.9 Å². The van der Waals surface area contributed by atoms with E-state index in [4.69, 9.17) is 4.74 Å². The van der Waals surface area contributed by atoms with Crippen LogP contribution in [0.1, 0.15) is 15.9 Å². The first-order valence-corrected chi connectivity index (χ1v) is 10.2. The number of nitrogens with one attached hydrogen (secondary N) is 2. The van der Waals surface area contributed by atoms with Gasteiger partial charge in [0.1, 0.15) is 24.0 Å². The lowest BCUT2D eigenvalue weighted by atomic mass is 10.1. The molecular weight excluding hydrogens is 409 g/mol. The molecule has 0 fully saturated rings. The van der Waals surface area contributed by atoms with Crippen LogP contribution in [-0.4, -0.2) is 53.0 Å². The molecule has 8 heteroatoms. The van der Waals surface area contributed by atoms with Crippen molar-refractivity contribution in [3.8, 4) is 17.1 Å². The summed E-state index contributed by atoms with van der Waals surface area (Å²) in [4.78, 5) is 26.4. The highest BCUT2D eigenvalue weighted by atomic mass is 19.1. The maximum Gasteiger partial charge on any atom is 0.255 e. The van der Waals surface area contributed by atoms with E-state index in [9.17, 15) is 9.18 Å². The minimum Gasteiger partial charge on any atom is -0.492 e. The second-order valence-corrected chi connectivity index (χ2v) is 7.79. The number of aromatic nitrogens is 3. The molecule has 2 heterocycles. The van der Waals surface area contributed by atoms with E-state index in [0.29, 0.717) is 35.1 Å². The molecule has 2 N–H and O–H groups in total. The smallest absolute Gasteiger partial charge is 0.255 e. The van der Waals surface area contributed by atoms with Crippen LogP contribution in [0.3, 0.4) is 0 Å². The van der Waals surface area contributed by atoms with Crippen molar-refractivity contribution in [2.45, 2.75) is 6.92 Å². The largest absolute Gasteiger partial charge is 0.492 e. The molecule has 32 heavy (non-hydrogen) atoms. The van der Waals surface area contributed by atoms with Crippen LogP contribution in [0.4, 0.5) is 10.1 Å². The quantitative estimate of drug-likeness (QED) is 0.455. The first-order chi connectivity index (χ1) is 15.4. The number of aryl methyl sites for hydroxylation is 1. The highest BCUT2D eigenvalue weighted by molar-refractivity contribution is 6.04. The predicted octanol–water partition coefficient (Wildman–Crippen LogP) is 4.27. The monoisotopic (exact) mass is 433 g/mol. The summed E-state index contributed by atoms with van der Waals surface area (Å²) in [5.74, 6) is 0.300. The van der Waals surface area contributed by atoms with Crippen LogP contribution in [0.2, 0.25) is 0 Å². The summed E-state index contributed by atoms with van der Waals surface area (Å²) < 4.78 is 20.2. The van der Waals surface area contributed by atoms with E-state index in [1.807, 2.05) is 32.0 Å². The maximum absolute atomic E-state index is 14.5. The molecule has 0 spiro atoms. The number of carbonyl (C=O) groups excluding carboxylic acids is 1. The zero-order chi connectivity index (χ0) is 22.7. The Morgan fingerprint density at radius 1 is 1.16 bits per heavy atom. The van der Waals surface area contributed by atoms with E-state index >= 15 is 0 Å². The molecule has 0 saturated carbocycles. The van der Waals surface area contributed by atoms with Crippen LogP contribution in [0, 0.1) is 12.7 Å². The molecule has 7 nitrogen and oxygen atoms in total. The number of imidazole rings is 1. The minimum atomic E-state index is -0.446. The van der Waals surface area contributed by atoms with Crippen LogP contribution < -0.4 is 10.1 Å². The third kappa shape index (κ3) is 4.92. The Labute approximate surface area is 185 Å². The Hall–Kier alpha value is -3.78. The zero-order valence-corrected chi connectivity index (χ0v) is 18.1. The number of benzene rings is 2. The van der Waals surface area contributed by atoms with Gasteiger partial charge in [0.05, 0.1) is 11.1 Å². The van der Waals surface area contributed by atoms with Gasteiger partial charge in [0.25, 0.3) is 5.91 Å². The van der Waals surface area contributed by atoms with E-state index < -0.39 is 5.82 Å². The third-order valence-electron chi connectivity index (χ3n) is 4.88. The molecular formula is C24H24FN5O2. The fourth-order valence-corrected chi connectivity index (χ4v) is 3.17. The molecule has 2 aromatic heterocycles. The van der Waals surface area contributed by atoms with Gasteiger partial charge in [0, 0.05) is 24.0 Å². The summed E-state index contributed by atoms with van der Waals surface area (Å²) in [5, 5.41) is 2.81. The topological polar surface area (TPSA) is 83.1 Å². The summed E-state index contributed by atoms with van der Waals surface area (Å²) in [5.41, 5.74) is 3.39. The van der Waals surface area contributed by atoms with E-state index in [1.165, 1.54) is 12.1 Å². The van der Waals surface area contributed by atoms with Crippen LogP contribution in [0.15, 0.2) is 54.7 Å². The number of carbonyl (C=O) groups is 1. The number of ether oxygens (including phenoxy) is 1. The highest BCUT2D eigenvalue weighted by Crippen LogP contribution is 2.26. The Balaban J connectivity index is 1.49. The van der Waals surface area contributed by atoms with Crippen LogP contribution in [-0.2, 0) is 0 Å². The normalized spacial score (nSPS) is 11.2. The molecule has 0 bridgehead atoms. The third-order valence-corrected chi connectivity index (χ3v) is 4.88. The first kappa shape index (κ1) is 21.5. The molecule has 4 rings (SSSR count). The molecule has 0 aliphatic rings. The standard InChI is InChI=1S/C24H24FN5O2/c1-15-12-21-23(26-14-15)29-22(28-21)19-13-17(6-9-20(19)25)27-24(31)16-4-7-18(8-5-16)32-11-10-30(2)3/h4-9,12-14H,10-11H2,1-3H3,(H,27,31)(H,26,28,29). The number of hydrogen-bond donors (Lipinski definition) is 2. The van der Waals surface area contributed by atoms with E-state index in [0.717, 1.165) is 17.6 Å². The molecule has 0 aliphatic carbocycles. The average molecular weight is 433 g/mol. The summed E-state index contributed by atoms with van der Waals surface area (Å²) in [6.07, 6.45) is 1.71. The number of nitrogens with zero attached hydrogens (tertiary/aromatic N) is 3. The minimum absolute atomic E-state index is 0.253. The van der Waals surface area contributed by atoms with Gasteiger partial charge >= 0.3 is 0 Å². The Morgan fingerprint density at radius 3 is 2.69 bits per heavy atom. The number of H-pyrrole nitrogens is 1. The van der Waals surface area contributed by atoms with Gasteiger partial charge < -0.3 is 19.9 Å². The first-order valence-electron chi connectivity index (χ1n) is 10.2. The maximum atomic E-state index is 14.5. The molecule has 0 atom stereocenters. The Bertz CT molecular complexity index is 1250. The number of fused-ring (bicyclic) bond motifs is 1. The molecule has 0 unspecified atom stereocenters. The molecule has 0 aliphatic heterocycles. The number of amides is 1. The van der Waals surface area contributed by atoms with Crippen LogP contribution in [0.5, 0.6) is 5.75 Å². The number of anilines is 1. The summed E-state index contributed by atoms with van der Waals surface area (Å²) in [7, 11) is 3.95. The van der Waals surface area contributed by atoms with Crippen molar-refractivity contribution in [2.75, 3.05) is 32.6 Å². The van der Waals surface area contributed by atoms with Gasteiger partial charge in [-0.15, -0.1) is 0 Å². The summed E-state index contributed by atoms with van der Waals surface area (Å²) in [6, 6.07) is 13.2. The summed E-state index contributed by atoms with van der Waals surface area (Å²) in [6.45, 7) is 3.29. The van der Waals surface area contributed by atoms with E-state index in [2.05, 4.69) is 20.3 Å². The van der Waals surface area contributed by atoms with Gasteiger partial charge in [-0.05, 0) is 75.1 Å². The number of halogens is 1. The van der Waals surface area contributed by atoms with Gasteiger partial charge in [-0.2, -0.15) is 0 Å². The van der Waals surface area contributed by atoms with Gasteiger partial charge in [0.15, 0.2) is 5.65 Å². The van der Waals surface area contributed by atoms with Gasteiger partial charge in [0.2, 0.25) is 0 Å². The second kappa shape index (κ2) is 9.15. The number of rotatable bonds is 7. The van der Waals surface area contributed by atoms with Crippen LogP contribution >= 0.6 is 0 Å². The zero-order valence-electron chi connectivity index (χ0n) is 18.1. The molecule has 1 amide bonds. The Kier molecular flexibility index (Phi) is 6.13. The number of pyridine rings is 1. The SMILES string of the molecule is Cc1cnc2nc(-c3cc(NC(=O)c4ccc(OCCN(C)C)cc4)ccc3F)[nH]c2c1. The summed E-state index contributed by atoms with van der Waals surface area (Å²) >= 11 is 0. The lowest BCUT2D eigenvalue weighted by Crippen LogP contribution is -2.19. The van der Waals surface area contributed by atoms with E-state index in [-0.39, 0.29) is 11.5 Å². The fourth-order valence-electron chi connectivity index (χ4n) is 3.17. The Morgan fingerprint density at radius 2 is 1.94 bits per heavy atom. The van der Waals surface area contributed by atoms with Crippen molar-refractivity contribution in [3.05, 3.63) is 71.7 Å². The van der Waals surface area contributed by atoms with Crippen molar-refractivity contribution in [1.29, 1.82) is 0 Å². The number of likely N-dealkylation sites (N-methyl/N-ethyl adjacent to an activating group) is 1. The average Bonchev–Trinajstić information content (AvgIpc) is 3.18. The van der Waals surface area contributed by atoms with Gasteiger partial charge in [-0.25, -0.2) is 14.4 Å². The lowest BCUT2D eigenvalue weighted by molar-refractivity contribution is 0.102. The fraction of sp³-hybridized carbons (Fsp3) is 0.208. The highest BCUT2D eigenvalue weighted by Gasteiger charge is 2.14. The van der Waals surface area contributed by atoms with E-state index in [1.54, 1.807) is 36.5 Å². The molecule has 4 aromatic rings. The van der Waals surface area contributed by atoms with Crippen molar-refractivity contribution in [2.24, 2.45) is 0 Å². The van der Waals surface area contributed by atoms with Gasteiger partial charge in [-0.1, -0.05) is 0 Å². The molecule has 0 saturated heterocycles. The predicted molar refractivity (Wildman–Crippen MR) is 122 cm³/mol.